The zero-order valence-corrected chi connectivity index (χ0v) is 10.7. The van der Waals surface area contributed by atoms with Crippen LogP contribution in [0.25, 0.3) is 0 Å². The molecule has 1 aromatic heterocycles. The lowest BCUT2D eigenvalue weighted by molar-refractivity contribution is 0.0698. The number of hydrogen-bond donors (Lipinski definition) is 2. The molecule has 0 saturated carbocycles. The van der Waals surface area contributed by atoms with Gasteiger partial charge in [0.2, 0.25) is 0 Å². The van der Waals surface area contributed by atoms with Gasteiger partial charge in [-0.15, -0.1) is 0 Å². The highest BCUT2D eigenvalue weighted by Crippen LogP contribution is 2.23. The Kier molecular flexibility index (Phi) is 5.38. The summed E-state index contributed by atoms with van der Waals surface area (Å²) in [5, 5.41) is 9.01. The number of hydrogen-bond acceptors (Lipinski definition) is 5. The third-order valence-corrected chi connectivity index (χ3v) is 2.59. The molecule has 0 aliphatic carbocycles. The van der Waals surface area contributed by atoms with Crippen LogP contribution in [0.1, 0.15) is 24.2 Å². The molecular weight excluding hydrogens is 234 g/mol. The second kappa shape index (κ2) is 6.80. The van der Waals surface area contributed by atoms with Crippen LogP contribution >= 0.6 is 0 Å². The average molecular weight is 253 g/mol. The number of aromatic carboxylic acids is 1. The van der Waals surface area contributed by atoms with Crippen molar-refractivity contribution in [1.82, 2.24) is 4.98 Å². The summed E-state index contributed by atoms with van der Waals surface area (Å²) in [4.78, 5) is 17.0. The molecule has 0 aliphatic rings. The Morgan fingerprint density at radius 3 is 2.83 bits per heavy atom. The summed E-state index contributed by atoms with van der Waals surface area (Å²) in [7, 11) is 0. The first-order valence-corrected chi connectivity index (χ1v) is 5.92. The minimum atomic E-state index is -1.04. The first kappa shape index (κ1) is 14.2. The molecule has 1 rings (SSSR count). The van der Waals surface area contributed by atoms with E-state index in [0.29, 0.717) is 32.1 Å². The smallest absolute Gasteiger partial charge is 0.337 e. The number of rotatable bonds is 7. The third-order valence-electron chi connectivity index (χ3n) is 2.59. The zero-order chi connectivity index (χ0) is 13.5. The summed E-state index contributed by atoms with van der Waals surface area (Å²) >= 11 is 0. The molecule has 18 heavy (non-hydrogen) atoms. The van der Waals surface area contributed by atoms with Crippen LogP contribution in [-0.2, 0) is 4.74 Å². The number of aromatic nitrogens is 1. The van der Waals surface area contributed by atoms with Crippen molar-refractivity contribution in [2.75, 3.05) is 36.9 Å². The molecule has 3 N–H and O–H groups in total. The van der Waals surface area contributed by atoms with E-state index in [9.17, 15) is 4.79 Å². The number of carboxylic acid groups (broad SMARTS) is 1. The molecule has 0 atom stereocenters. The molecule has 0 bridgehead atoms. The van der Waals surface area contributed by atoms with Gasteiger partial charge in [-0.2, -0.15) is 0 Å². The van der Waals surface area contributed by atoms with Crippen molar-refractivity contribution in [3.05, 3.63) is 17.8 Å². The van der Waals surface area contributed by atoms with Crippen molar-refractivity contribution >= 4 is 17.5 Å². The quantitative estimate of drug-likeness (QED) is 0.710. The van der Waals surface area contributed by atoms with Gasteiger partial charge < -0.3 is 20.5 Å². The summed E-state index contributed by atoms with van der Waals surface area (Å²) in [6.45, 7) is 6.41. The predicted octanol–water partition coefficient (Wildman–Crippen LogP) is 1.22. The fraction of sp³-hybridized carbons (Fsp3) is 0.500. The molecule has 0 fully saturated rings. The van der Waals surface area contributed by atoms with Gasteiger partial charge in [0.25, 0.3) is 0 Å². The lowest BCUT2D eigenvalue weighted by Crippen LogP contribution is -2.29. The van der Waals surface area contributed by atoms with E-state index in [1.807, 2.05) is 18.7 Å². The Labute approximate surface area is 106 Å². The number of likely N-dealkylation sites (N-methyl/N-ethyl adjacent to an activating group) is 1. The van der Waals surface area contributed by atoms with Crippen molar-refractivity contribution in [2.24, 2.45) is 0 Å². The van der Waals surface area contributed by atoms with Gasteiger partial charge >= 0.3 is 5.97 Å². The summed E-state index contributed by atoms with van der Waals surface area (Å²) in [6, 6.07) is 1.40. The van der Waals surface area contributed by atoms with Crippen LogP contribution in [0.3, 0.4) is 0 Å². The Morgan fingerprint density at radius 1 is 1.56 bits per heavy atom. The van der Waals surface area contributed by atoms with E-state index in [0.717, 1.165) is 0 Å². The van der Waals surface area contributed by atoms with Gasteiger partial charge in [0.15, 0.2) is 5.82 Å². The standard InChI is InChI=1S/C12H19N3O3/c1-3-15(7-8-18-4-2)11-10(13)9(12(16)17)5-6-14-11/h5-6H,3-4,7-8,13H2,1-2H3,(H,16,17). The molecule has 0 aliphatic heterocycles. The Hall–Kier alpha value is -1.82. The van der Waals surface area contributed by atoms with Crippen LogP contribution in [0.2, 0.25) is 0 Å². The molecule has 0 radical (unpaired) electrons. The van der Waals surface area contributed by atoms with E-state index in [2.05, 4.69) is 4.98 Å². The van der Waals surface area contributed by atoms with Crippen LogP contribution < -0.4 is 10.6 Å². The fourth-order valence-electron chi connectivity index (χ4n) is 1.63. The van der Waals surface area contributed by atoms with Crippen LogP contribution in [0, 0.1) is 0 Å². The Balaban J connectivity index is 2.92. The molecule has 6 heteroatoms. The second-order valence-electron chi connectivity index (χ2n) is 3.68. The van der Waals surface area contributed by atoms with Gasteiger partial charge in [-0.3, -0.25) is 0 Å². The number of nitrogens with zero attached hydrogens (tertiary/aromatic N) is 2. The lowest BCUT2D eigenvalue weighted by atomic mass is 10.2. The van der Waals surface area contributed by atoms with E-state index >= 15 is 0 Å². The van der Waals surface area contributed by atoms with E-state index in [1.54, 1.807) is 0 Å². The summed E-state index contributed by atoms with van der Waals surface area (Å²) < 4.78 is 5.28. The van der Waals surface area contributed by atoms with Gasteiger partial charge in [0, 0.05) is 25.9 Å². The maximum atomic E-state index is 11.0. The number of carboxylic acids is 1. The van der Waals surface area contributed by atoms with Crippen LogP contribution in [-0.4, -0.2) is 42.4 Å². The van der Waals surface area contributed by atoms with E-state index in [4.69, 9.17) is 15.6 Å². The Morgan fingerprint density at radius 2 is 2.28 bits per heavy atom. The minimum Gasteiger partial charge on any atom is -0.478 e. The molecule has 6 nitrogen and oxygen atoms in total. The molecule has 0 amide bonds. The monoisotopic (exact) mass is 253 g/mol. The predicted molar refractivity (Wildman–Crippen MR) is 70.0 cm³/mol. The molecule has 1 heterocycles. The topological polar surface area (TPSA) is 88.7 Å². The molecular formula is C12H19N3O3. The number of anilines is 2. The first-order valence-electron chi connectivity index (χ1n) is 5.92. The molecule has 0 spiro atoms. The fourth-order valence-corrected chi connectivity index (χ4v) is 1.63. The molecule has 1 aromatic rings. The maximum Gasteiger partial charge on any atom is 0.337 e. The normalized spacial score (nSPS) is 10.3. The van der Waals surface area contributed by atoms with Crippen LogP contribution in [0.15, 0.2) is 12.3 Å². The lowest BCUT2D eigenvalue weighted by Gasteiger charge is -2.23. The Bertz CT molecular complexity index is 410. The van der Waals surface area contributed by atoms with Gasteiger partial charge in [0.1, 0.15) is 0 Å². The number of carbonyl (C=O) groups is 1. The van der Waals surface area contributed by atoms with Crippen LogP contribution in [0.4, 0.5) is 11.5 Å². The van der Waals surface area contributed by atoms with Gasteiger partial charge in [0.05, 0.1) is 17.9 Å². The van der Waals surface area contributed by atoms with Gasteiger partial charge in [-0.25, -0.2) is 9.78 Å². The van der Waals surface area contributed by atoms with Gasteiger partial charge in [-0.1, -0.05) is 0 Å². The van der Waals surface area contributed by atoms with Crippen molar-refractivity contribution in [3.63, 3.8) is 0 Å². The number of pyridine rings is 1. The van der Waals surface area contributed by atoms with Gasteiger partial charge in [-0.05, 0) is 19.9 Å². The van der Waals surface area contributed by atoms with Crippen LogP contribution in [0.5, 0.6) is 0 Å². The number of ether oxygens (including phenoxy) is 1. The number of nitrogen functional groups attached to an aromatic ring is 1. The largest absolute Gasteiger partial charge is 0.478 e. The summed E-state index contributed by atoms with van der Waals surface area (Å²) in [6.07, 6.45) is 1.46. The van der Waals surface area contributed by atoms with E-state index in [-0.39, 0.29) is 11.3 Å². The molecule has 100 valence electrons. The average Bonchev–Trinajstić information content (AvgIpc) is 2.35. The number of nitrogens with two attached hydrogens (primary N) is 1. The first-order chi connectivity index (χ1) is 8.61. The third kappa shape index (κ3) is 3.33. The minimum absolute atomic E-state index is 0.0786. The van der Waals surface area contributed by atoms with Crippen molar-refractivity contribution in [1.29, 1.82) is 0 Å². The summed E-state index contributed by atoms with van der Waals surface area (Å²) in [5.74, 6) is -0.547. The highest BCUT2D eigenvalue weighted by Gasteiger charge is 2.16. The second-order valence-corrected chi connectivity index (χ2v) is 3.68. The molecule has 0 aromatic carbocycles. The van der Waals surface area contributed by atoms with Crippen molar-refractivity contribution < 1.29 is 14.6 Å². The zero-order valence-electron chi connectivity index (χ0n) is 10.7. The SMILES string of the molecule is CCOCCN(CC)c1nccc(C(=O)O)c1N. The van der Waals surface area contributed by atoms with E-state index in [1.165, 1.54) is 12.3 Å². The maximum absolute atomic E-state index is 11.0. The molecule has 0 saturated heterocycles. The van der Waals surface area contributed by atoms with Crippen molar-refractivity contribution in [2.45, 2.75) is 13.8 Å². The highest BCUT2D eigenvalue weighted by molar-refractivity contribution is 5.96. The highest BCUT2D eigenvalue weighted by atomic mass is 16.5. The summed E-state index contributed by atoms with van der Waals surface area (Å²) in [5.41, 5.74) is 6.12. The van der Waals surface area contributed by atoms with Crippen molar-refractivity contribution in [3.8, 4) is 0 Å². The molecule has 0 unspecified atom stereocenters. The van der Waals surface area contributed by atoms with E-state index < -0.39 is 5.97 Å².